The highest BCUT2D eigenvalue weighted by Crippen LogP contribution is 2.30. The van der Waals surface area contributed by atoms with Gasteiger partial charge in [0.15, 0.2) is 0 Å². The quantitative estimate of drug-likeness (QED) is 0.668. The Morgan fingerprint density at radius 1 is 0.812 bits per heavy atom. The van der Waals surface area contributed by atoms with Crippen molar-refractivity contribution in [1.82, 2.24) is 9.97 Å². The van der Waals surface area contributed by atoms with E-state index in [-0.39, 0.29) is 0 Å². The number of nitrogens with zero attached hydrogens (tertiary/aromatic N) is 2. The van der Waals surface area contributed by atoms with Crippen molar-refractivity contribution in [3.63, 3.8) is 0 Å². The molecule has 0 saturated heterocycles. The van der Waals surface area contributed by atoms with E-state index in [1.54, 1.807) is 0 Å². The number of hydrogen-bond acceptors (Lipinski definition) is 2. The summed E-state index contributed by atoms with van der Waals surface area (Å²) in [6, 6.07) is 4.46. The Hall–Kier alpha value is -1.70. The highest BCUT2D eigenvalue weighted by Gasteiger charge is 2.18. The van der Waals surface area contributed by atoms with Gasteiger partial charge in [-0.2, -0.15) is 0 Å². The summed E-state index contributed by atoms with van der Waals surface area (Å²) in [7, 11) is 0. The van der Waals surface area contributed by atoms with Gasteiger partial charge in [-0.3, -0.25) is 9.97 Å². The van der Waals surface area contributed by atoms with Gasteiger partial charge < -0.3 is 0 Å². The molecule has 0 bridgehead atoms. The summed E-state index contributed by atoms with van der Waals surface area (Å²) in [5.74, 6) is 0. The predicted molar refractivity (Wildman–Crippen MR) is 64.4 cm³/mol. The molecule has 3 rings (SSSR count). The normalized spacial score (nSPS) is 13.1. The second-order valence-corrected chi connectivity index (χ2v) is 4.54. The molecule has 0 saturated carbocycles. The molecule has 1 aliphatic carbocycles. The van der Waals surface area contributed by atoms with Gasteiger partial charge in [0.1, 0.15) is 0 Å². The van der Waals surface area contributed by atoms with E-state index in [1.807, 2.05) is 12.4 Å². The van der Waals surface area contributed by atoms with E-state index in [4.69, 9.17) is 0 Å². The van der Waals surface area contributed by atoms with E-state index in [9.17, 15) is 0 Å². The Balaban J connectivity index is 2.23. The average Bonchev–Trinajstić information content (AvgIpc) is 2.28. The minimum Gasteiger partial charge on any atom is -0.254 e. The van der Waals surface area contributed by atoms with E-state index in [2.05, 4.69) is 35.9 Å². The van der Waals surface area contributed by atoms with Gasteiger partial charge in [0, 0.05) is 12.4 Å². The second-order valence-electron chi connectivity index (χ2n) is 4.54. The Bertz CT molecular complexity index is 507. The summed E-state index contributed by atoms with van der Waals surface area (Å²) in [5.41, 5.74) is 7.29. The van der Waals surface area contributed by atoms with E-state index in [1.165, 1.54) is 22.3 Å². The van der Waals surface area contributed by atoms with Crippen LogP contribution in [0.3, 0.4) is 0 Å². The molecule has 0 fully saturated rings. The first kappa shape index (κ1) is 9.52. The van der Waals surface area contributed by atoms with Gasteiger partial charge in [0.2, 0.25) is 0 Å². The van der Waals surface area contributed by atoms with Crippen LogP contribution in [-0.2, 0) is 12.8 Å². The van der Waals surface area contributed by atoms with Crippen LogP contribution < -0.4 is 0 Å². The first-order chi connectivity index (χ1) is 7.74. The minimum atomic E-state index is 1.08. The summed E-state index contributed by atoms with van der Waals surface area (Å²) < 4.78 is 0. The summed E-state index contributed by atoms with van der Waals surface area (Å²) in [6.45, 7) is 4.18. The van der Waals surface area contributed by atoms with Crippen LogP contribution in [0, 0.1) is 13.8 Å². The van der Waals surface area contributed by atoms with E-state index >= 15 is 0 Å². The monoisotopic (exact) mass is 210 g/mol. The molecule has 2 aromatic rings. The van der Waals surface area contributed by atoms with Crippen LogP contribution in [0.1, 0.15) is 22.3 Å². The molecule has 0 aromatic carbocycles. The third-order valence-electron chi connectivity index (χ3n) is 3.09. The average molecular weight is 210 g/mol. The van der Waals surface area contributed by atoms with Crippen LogP contribution in [0.4, 0.5) is 0 Å². The molecular weight excluding hydrogens is 196 g/mol. The molecule has 0 radical (unpaired) electrons. The standard InChI is InChI=1S/C14H14N2/c1-9-5-11-3-4-12-6-10(2)8-16-14(12)13(11)15-7-9/h5-8H,3-4H2,1-2H3. The minimum absolute atomic E-state index is 1.08. The lowest BCUT2D eigenvalue weighted by atomic mass is 9.91. The van der Waals surface area contributed by atoms with Gasteiger partial charge in [0.25, 0.3) is 0 Å². The number of hydrogen-bond donors (Lipinski definition) is 0. The Labute approximate surface area is 95.4 Å². The summed E-state index contributed by atoms with van der Waals surface area (Å²) >= 11 is 0. The summed E-state index contributed by atoms with van der Waals surface area (Å²) in [5, 5.41) is 0. The van der Waals surface area contributed by atoms with Crippen molar-refractivity contribution in [2.45, 2.75) is 26.7 Å². The van der Waals surface area contributed by atoms with Gasteiger partial charge in [-0.1, -0.05) is 12.1 Å². The summed E-state index contributed by atoms with van der Waals surface area (Å²) in [6.07, 6.45) is 6.02. The first-order valence-corrected chi connectivity index (χ1v) is 5.65. The molecule has 2 heterocycles. The third kappa shape index (κ3) is 1.42. The molecule has 0 unspecified atom stereocenters. The zero-order chi connectivity index (χ0) is 11.1. The fraction of sp³-hybridized carbons (Fsp3) is 0.286. The van der Waals surface area contributed by atoms with Crippen molar-refractivity contribution in [3.8, 4) is 11.4 Å². The molecule has 0 atom stereocenters. The van der Waals surface area contributed by atoms with Crippen molar-refractivity contribution >= 4 is 0 Å². The molecular formula is C14H14N2. The number of fused-ring (bicyclic) bond motifs is 3. The van der Waals surface area contributed by atoms with Crippen molar-refractivity contribution in [2.24, 2.45) is 0 Å². The fourth-order valence-electron chi connectivity index (χ4n) is 2.34. The topological polar surface area (TPSA) is 25.8 Å². The Morgan fingerprint density at radius 2 is 1.25 bits per heavy atom. The van der Waals surface area contributed by atoms with Crippen LogP contribution in [0.25, 0.3) is 11.4 Å². The van der Waals surface area contributed by atoms with E-state index < -0.39 is 0 Å². The van der Waals surface area contributed by atoms with Gasteiger partial charge in [-0.25, -0.2) is 0 Å². The third-order valence-corrected chi connectivity index (χ3v) is 3.09. The molecule has 16 heavy (non-hydrogen) atoms. The number of rotatable bonds is 0. The second kappa shape index (κ2) is 3.41. The molecule has 0 amide bonds. The van der Waals surface area contributed by atoms with Crippen molar-refractivity contribution in [2.75, 3.05) is 0 Å². The molecule has 2 aromatic heterocycles. The lowest BCUT2D eigenvalue weighted by Crippen LogP contribution is -2.08. The van der Waals surface area contributed by atoms with Gasteiger partial charge in [-0.05, 0) is 48.9 Å². The molecule has 2 heteroatoms. The number of aryl methyl sites for hydroxylation is 4. The van der Waals surface area contributed by atoms with Gasteiger partial charge >= 0.3 is 0 Å². The molecule has 0 spiro atoms. The first-order valence-electron chi connectivity index (χ1n) is 5.65. The van der Waals surface area contributed by atoms with E-state index in [0.29, 0.717) is 0 Å². The summed E-state index contributed by atoms with van der Waals surface area (Å²) in [4.78, 5) is 9.05. The largest absolute Gasteiger partial charge is 0.254 e. The molecule has 80 valence electrons. The zero-order valence-electron chi connectivity index (χ0n) is 9.62. The molecule has 0 aliphatic heterocycles. The van der Waals surface area contributed by atoms with Gasteiger partial charge in [-0.15, -0.1) is 0 Å². The smallest absolute Gasteiger partial charge is 0.0921 e. The maximum atomic E-state index is 4.53. The highest BCUT2D eigenvalue weighted by atomic mass is 14.8. The molecule has 1 aliphatic rings. The number of aromatic nitrogens is 2. The van der Waals surface area contributed by atoms with Crippen LogP contribution in [0.15, 0.2) is 24.5 Å². The van der Waals surface area contributed by atoms with Crippen LogP contribution in [0.2, 0.25) is 0 Å². The van der Waals surface area contributed by atoms with Gasteiger partial charge in [0.05, 0.1) is 11.4 Å². The lowest BCUT2D eigenvalue weighted by Gasteiger charge is -2.18. The molecule has 0 N–H and O–H groups in total. The van der Waals surface area contributed by atoms with Crippen LogP contribution >= 0.6 is 0 Å². The maximum Gasteiger partial charge on any atom is 0.0921 e. The predicted octanol–water partition coefficient (Wildman–Crippen LogP) is 2.86. The van der Waals surface area contributed by atoms with Crippen LogP contribution in [0.5, 0.6) is 0 Å². The Morgan fingerprint density at radius 3 is 1.69 bits per heavy atom. The van der Waals surface area contributed by atoms with Crippen molar-refractivity contribution < 1.29 is 0 Å². The van der Waals surface area contributed by atoms with Crippen molar-refractivity contribution in [1.29, 1.82) is 0 Å². The van der Waals surface area contributed by atoms with Crippen molar-refractivity contribution in [3.05, 3.63) is 46.8 Å². The lowest BCUT2D eigenvalue weighted by molar-refractivity contribution is 0.905. The maximum absolute atomic E-state index is 4.53. The SMILES string of the molecule is Cc1cnc2c(c1)CCc1cc(C)cnc1-2. The molecule has 2 nitrogen and oxygen atoms in total. The van der Waals surface area contributed by atoms with Crippen LogP contribution in [-0.4, -0.2) is 9.97 Å². The Kier molecular flexibility index (Phi) is 2.03. The fourth-order valence-corrected chi connectivity index (χ4v) is 2.34. The number of pyridine rings is 2. The highest BCUT2D eigenvalue weighted by molar-refractivity contribution is 5.66. The zero-order valence-corrected chi connectivity index (χ0v) is 9.62. The van der Waals surface area contributed by atoms with E-state index in [0.717, 1.165) is 24.2 Å².